The van der Waals surface area contributed by atoms with Crippen LogP contribution in [0.4, 0.5) is 0 Å². The number of benzene rings is 2. The van der Waals surface area contributed by atoms with Crippen LogP contribution >= 0.6 is 28.1 Å². The number of hydrogen-bond donors (Lipinski definition) is 1. The molecule has 3 aromatic rings. The number of halogens is 1. The maximum Gasteiger partial charge on any atom is 0.292 e. The van der Waals surface area contributed by atoms with E-state index in [2.05, 4.69) is 21.0 Å². The number of rotatable bonds is 2. The highest BCUT2D eigenvalue weighted by molar-refractivity contribution is 9.10. The zero-order valence-corrected chi connectivity index (χ0v) is 12.6. The largest absolute Gasteiger partial charge is 0.508 e. The number of phenolic OH excluding ortho intramolecular Hbond substituents is 1. The number of aromatic hydroxyl groups is 1. The summed E-state index contributed by atoms with van der Waals surface area (Å²) >= 11 is 8.56. The van der Waals surface area contributed by atoms with Gasteiger partial charge in [0, 0.05) is 10.0 Å². The van der Waals surface area contributed by atoms with Gasteiger partial charge in [-0.3, -0.25) is 0 Å². The summed E-state index contributed by atoms with van der Waals surface area (Å²) in [5.41, 5.74) is 1.58. The fraction of sp³-hybridized carbons (Fsp3) is 0. The first kappa shape index (κ1) is 13.1. The van der Waals surface area contributed by atoms with Crippen molar-refractivity contribution in [2.75, 3.05) is 0 Å². The third-order valence-corrected chi connectivity index (χ3v) is 3.52. The van der Waals surface area contributed by atoms with E-state index in [9.17, 15) is 5.11 Å². The summed E-state index contributed by atoms with van der Waals surface area (Å²) in [6.45, 7) is 0. The van der Waals surface area contributed by atoms with Crippen LogP contribution in [0.3, 0.4) is 0 Å². The maximum atomic E-state index is 9.30. The molecule has 1 heterocycles. The smallest absolute Gasteiger partial charge is 0.292 e. The minimum atomic E-state index is 0.192. The van der Waals surface area contributed by atoms with Crippen LogP contribution < -0.4 is 0 Å². The van der Waals surface area contributed by atoms with E-state index in [1.54, 1.807) is 24.3 Å². The molecule has 0 atom stereocenters. The SMILES string of the molecule is Oc1ccc(-n2nc(-c3ccc(Br)cc3)oc2=S)cc1. The van der Waals surface area contributed by atoms with Gasteiger partial charge < -0.3 is 9.52 Å². The van der Waals surface area contributed by atoms with Crippen molar-refractivity contribution in [2.24, 2.45) is 0 Å². The van der Waals surface area contributed by atoms with Gasteiger partial charge in [0.15, 0.2) is 0 Å². The molecular weight excluding hydrogens is 340 g/mol. The number of nitrogens with zero attached hydrogens (tertiary/aromatic N) is 2. The van der Waals surface area contributed by atoms with E-state index in [1.165, 1.54) is 4.68 Å². The molecule has 20 heavy (non-hydrogen) atoms. The first-order valence-electron chi connectivity index (χ1n) is 5.79. The second kappa shape index (κ2) is 5.22. The molecule has 1 N–H and O–H groups in total. The van der Waals surface area contributed by atoms with E-state index in [0.29, 0.717) is 5.89 Å². The van der Waals surface area contributed by atoms with Gasteiger partial charge in [-0.05, 0) is 60.7 Å². The van der Waals surface area contributed by atoms with Crippen LogP contribution in [0, 0.1) is 4.84 Å². The predicted molar refractivity (Wildman–Crippen MR) is 81.5 cm³/mol. The van der Waals surface area contributed by atoms with Crippen LogP contribution in [0.1, 0.15) is 0 Å². The van der Waals surface area contributed by atoms with Gasteiger partial charge in [-0.15, -0.1) is 5.10 Å². The summed E-state index contributed by atoms with van der Waals surface area (Å²) in [4.78, 5) is 0.258. The Morgan fingerprint density at radius 1 is 1.05 bits per heavy atom. The van der Waals surface area contributed by atoms with Gasteiger partial charge in [0.2, 0.25) is 5.89 Å². The maximum absolute atomic E-state index is 9.30. The van der Waals surface area contributed by atoms with E-state index in [-0.39, 0.29) is 10.6 Å². The Bertz CT molecular complexity index is 791. The van der Waals surface area contributed by atoms with Gasteiger partial charge in [0.25, 0.3) is 4.84 Å². The van der Waals surface area contributed by atoms with Crippen molar-refractivity contribution >= 4 is 28.1 Å². The summed E-state index contributed by atoms with van der Waals surface area (Å²) in [6, 6.07) is 14.2. The third kappa shape index (κ3) is 2.52. The molecule has 6 heteroatoms. The molecule has 100 valence electrons. The Hall–Kier alpha value is -1.92. The fourth-order valence-corrected chi connectivity index (χ4v) is 2.23. The standard InChI is InChI=1S/C14H9BrN2O2S/c15-10-3-1-9(2-4-10)13-16-17(14(20)19-13)11-5-7-12(18)8-6-11/h1-8,18H. The molecule has 0 fully saturated rings. The van der Waals surface area contributed by atoms with Crippen LogP contribution in [0.5, 0.6) is 5.75 Å². The average molecular weight is 349 g/mol. The molecule has 0 spiro atoms. The van der Waals surface area contributed by atoms with Gasteiger partial charge in [-0.25, -0.2) is 0 Å². The highest BCUT2D eigenvalue weighted by atomic mass is 79.9. The second-order valence-corrected chi connectivity index (χ2v) is 5.37. The summed E-state index contributed by atoms with van der Waals surface area (Å²) in [6.07, 6.45) is 0. The van der Waals surface area contributed by atoms with Crippen molar-refractivity contribution in [2.45, 2.75) is 0 Å². The Morgan fingerprint density at radius 2 is 1.70 bits per heavy atom. The van der Waals surface area contributed by atoms with Crippen molar-refractivity contribution in [3.8, 4) is 22.9 Å². The van der Waals surface area contributed by atoms with Crippen LogP contribution in [-0.2, 0) is 0 Å². The van der Waals surface area contributed by atoms with E-state index in [0.717, 1.165) is 15.7 Å². The van der Waals surface area contributed by atoms with Gasteiger partial charge in [0.1, 0.15) is 5.75 Å². The van der Waals surface area contributed by atoms with E-state index < -0.39 is 0 Å². The molecule has 4 nitrogen and oxygen atoms in total. The quantitative estimate of drug-likeness (QED) is 0.700. The van der Waals surface area contributed by atoms with Gasteiger partial charge >= 0.3 is 0 Å². The highest BCUT2D eigenvalue weighted by Crippen LogP contribution is 2.22. The Balaban J connectivity index is 2.05. The highest BCUT2D eigenvalue weighted by Gasteiger charge is 2.09. The summed E-state index contributed by atoms with van der Waals surface area (Å²) < 4.78 is 8.02. The van der Waals surface area contributed by atoms with Gasteiger partial charge in [-0.2, -0.15) is 4.68 Å². The molecule has 0 saturated carbocycles. The normalized spacial score (nSPS) is 10.7. The van der Waals surface area contributed by atoms with E-state index >= 15 is 0 Å². The van der Waals surface area contributed by atoms with Crippen LogP contribution in [0.15, 0.2) is 57.4 Å². The van der Waals surface area contributed by atoms with Gasteiger partial charge in [-0.1, -0.05) is 15.9 Å². The summed E-state index contributed by atoms with van der Waals surface area (Å²) in [7, 11) is 0. The van der Waals surface area contributed by atoms with Crippen LogP contribution in [-0.4, -0.2) is 14.9 Å². The zero-order chi connectivity index (χ0) is 14.1. The Labute approximate surface area is 128 Å². The molecule has 0 saturated heterocycles. The lowest BCUT2D eigenvalue weighted by atomic mass is 10.2. The fourth-order valence-electron chi connectivity index (χ4n) is 1.74. The minimum absolute atomic E-state index is 0.192. The number of hydrogen-bond acceptors (Lipinski definition) is 4. The molecule has 0 aliphatic rings. The molecule has 1 aromatic heterocycles. The monoisotopic (exact) mass is 348 g/mol. The molecule has 3 rings (SSSR count). The van der Waals surface area contributed by atoms with E-state index in [4.69, 9.17) is 16.6 Å². The lowest BCUT2D eigenvalue weighted by molar-refractivity contribution is 0.475. The van der Waals surface area contributed by atoms with Crippen LogP contribution in [0.25, 0.3) is 17.1 Å². The molecule has 0 unspecified atom stereocenters. The van der Waals surface area contributed by atoms with Crippen molar-refractivity contribution in [1.29, 1.82) is 0 Å². The topological polar surface area (TPSA) is 51.2 Å². The number of phenols is 1. The van der Waals surface area contributed by atoms with Crippen molar-refractivity contribution in [1.82, 2.24) is 9.78 Å². The van der Waals surface area contributed by atoms with Crippen molar-refractivity contribution in [3.63, 3.8) is 0 Å². The molecule has 2 aromatic carbocycles. The Kier molecular flexibility index (Phi) is 3.42. The lowest BCUT2D eigenvalue weighted by Gasteiger charge is -1.98. The predicted octanol–water partition coefficient (Wildman–Crippen LogP) is 4.33. The first-order valence-corrected chi connectivity index (χ1v) is 6.99. The molecule has 0 aliphatic carbocycles. The van der Waals surface area contributed by atoms with Crippen LogP contribution in [0.2, 0.25) is 0 Å². The van der Waals surface area contributed by atoms with E-state index in [1.807, 2.05) is 24.3 Å². The average Bonchev–Trinajstić information content (AvgIpc) is 2.82. The lowest BCUT2D eigenvalue weighted by Crippen LogP contribution is -1.95. The summed E-state index contributed by atoms with van der Waals surface area (Å²) in [5.74, 6) is 0.646. The third-order valence-electron chi connectivity index (χ3n) is 2.73. The second-order valence-electron chi connectivity index (χ2n) is 4.11. The molecule has 0 aliphatic heterocycles. The van der Waals surface area contributed by atoms with Crippen molar-refractivity contribution < 1.29 is 9.52 Å². The van der Waals surface area contributed by atoms with Gasteiger partial charge in [0.05, 0.1) is 5.69 Å². The summed E-state index contributed by atoms with van der Waals surface area (Å²) in [5, 5.41) is 13.7. The number of aromatic nitrogens is 2. The molecular formula is C14H9BrN2O2S. The minimum Gasteiger partial charge on any atom is -0.508 e. The molecule has 0 radical (unpaired) electrons. The molecule has 0 bridgehead atoms. The Morgan fingerprint density at radius 3 is 2.35 bits per heavy atom. The van der Waals surface area contributed by atoms with Crippen molar-refractivity contribution in [3.05, 3.63) is 57.8 Å². The zero-order valence-electron chi connectivity index (χ0n) is 10.2. The molecule has 0 amide bonds. The first-order chi connectivity index (χ1) is 9.63.